The molecule has 1 aliphatic carbocycles. The lowest BCUT2D eigenvalue weighted by molar-refractivity contribution is 0.299. The monoisotopic (exact) mass is 661 g/mol. The zero-order chi connectivity index (χ0) is 34.0. The molecule has 2 heteroatoms. The van der Waals surface area contributed by atoms with Crippen LogP contribution in [-0.4, -0.2) is 0 Å². The van der Waals surface area contributed by atoms with Gasteiger partial charge in [-0.1, -0.05) is 143 Å². The molecule has 50 heavy (non-hydrogen) atoms. The highest BCUT2D eigenvalue weighted by Gasteiger charge is 2.46. The average molecular weight is 662 g/mol. The first kappa shape index (κ1) is 30.6. The van der Waals surface area contributed by atoms with E-state index in [1.807, 2.05) is 11.3 Å². The Balaban J connectivity index is 1.22. The first-order chi connectivity index (χ1) is 24.3. The topological polar surface area (TPSA) is 3.24 Å². The van der Waals surface area contributed by atoms with E-state index in [-0.39, 0.29) is 10.8 Å². The molecule has 1 aliphatic rings. The lowest BCUT2D eigenvalue weighted by Crippen LogP contribution is -2.43. The summed E-state index contributed by atoms with van der Waals surface area (Å²) in [6.07, 6.45) is 0. The molecule has 8 aromatic rings. The second kappa shape index (κ2) is 11.6. The molecule has 7 aromatic carbocycles. The van der Waals surface area contributed by atoms with E-state index in [1.54, 1.807) is 0 Å². The summed E-state index contributed by atoms with van der Waals surface area (Å²) in [5, 5.41) is 2.60. The van der Waals surface area contributed by atoms with Crippen molar-refractivity contribution in [2.24, 2.45) is 0 Å². The van der Waals surface area contributed by atoms with E-state index in [2.05, 4.69) is 196 Å². The minimum absolute atomic E-state index is 0.0767. The van der Waals surface area contributed by atoms with Crippen LogP contribution < -0.4 is 4.90 Å². The highest BCUT2D eigenvalue weighted by atomic mass is 32.1. The van der Waals surface area contributed by atoms with Crippen LogP contribution in [0.4, 0.5) is 17.1 Å². The van der Waals surface area contributed by atoms with Gasteiger partial charge in [0.15, 0.2) is 0 Å². The summed E-state index contributed by atoms with van der Waals surface area (Å²) >= 11 is 1.86. The minimum Gasteiger partial charge on any atom is -0.310 e. The van der Waals surface area contributed by atoms with E-state index in [0.717, 1.165) is 11.4 Å². The summed E-state index contributed by atoms with van der Waals surface area (Å²) in [6.45, 7) is 9.69. The van der Waals surface area contributed by atoms with Crippen molar-refractivity contribution in [2.45, 2.75) is 38.5 Å². The number of anilines is 3. The molecule has 9 rings (SSSR count). The van der Waals surface area contributed by atoms with E-state index in [9.17, 15) is 0 Å². The SMILES string of the molecule is CC1(C)c2cc(-c3cccc(N(c4ccccc4)c4cccc5sc6ccccc6c45)c3)ccc2-c2c(-c3ccccc3)cccc2C1(C)C. The Kier molecular flexibility index (Phi) is 7.09. The van der Waals surface area contributed by atoms with Gasteiger partial charge in [0.25, 0.3) is 0 Å². The van der Waals surface area contributed by atoms with Gasteiger partial charge in [-0.3, -0.25) is 0 Å². The van der Waals surface area contributed by atoms with Gasteiger partial charge in [0.2, 0.25) is 0 Å². The number of rotatable bonds is 5. The third kappa shape index (κ3) is 4.66. The quantitative estimate of drug-likeness (QED) is 0.177. The van der Waals surface area contributed by atoms with Gasteiger partial charge in [0.1, 0.15) is 0 Å². The largest absolute Gasteiger partial charge is 0.310 e. The van der Waals surface area contributed by atoms with Crippen molar-refractivity contribution in [1.29, 1.82) is 0 Å². The number of para-hydroxylation sites is 1. The van der Waals surface area contributed by atoms with Crippen molar-refractivity contribution >= 4 is 48.6 Å². The van der Waals surface area contributed by atoms with E-state index < -0.39 is 0 Å². The zero-order valence-electron chi connectivity index (χ0n) is 28.9. The van der Waals surface area contributed by atoms with Gasteiger partial charge in [0, 0.05) is 31.5 Å². The molecule has 1 heterocycles. The van der Waals surface area contributed by atoms with E-state index >= 15 is 0 Å². The van der Waals surface area contributed by atoms with Crippen LogP contribution in [0.5, 0.6) is 0 Å². The number of fused-ring (bicyclic) bond motifs is 6. The Morgan fingerprint density at radius 1 is 0.440 bits per heavy atom. The zero-order valence-corrected chi connectivity index (χ0v) is 29.8. The van der Waals surface area contributed by atoms with Crippen LogP contribution in [0.15, 0.2) is 164 Å². The number of thiophene rings is 1. The molecule has 0 amide bonds. The first-order valence-corrected chi connectivity index (χ1v) is 18.3. The van der Waals surface area contributed by atoms with Gasteiger partial charge >= 0.3 is 0 Å². The third-order valence-electron chi connectivity index (χ3n) is 11.4. The van der Waals surface area contributed by atoms with Crippen molar-refractivity contribution in [1.82, 2.24) is 0 Å². The molecule has 0 fully saturated rings. The molecule has 0 N–H and O–H groups in total. The highest BCUT2D eigenvalue weighted by Crippen LogP contribution is 2.56. The summed E-state index contributed by atoms with van der Waals surface area (Å²) in [4.78, 5) is 2.43. The number of nitrogens with zero attached hydrogens (tertiary/aromatic N) is 1. The Labute approximate surface area is 299 Å². The summed E-state index contributed by atoms with van der Waals surface area (Å²) in [6, 6.07) is 60.3. The van der Waals surface area contributed by atoms with E-state index in [0.29, 0.717) is 0 Å². The maximum atomic E-state index is 2.47. The van der Waals surface area contributed by atoms with Gasteiger partial charge < -0.3 is 4.90 Å². The normalized spacial score (nSPS) is 14.3. The van der Waals surface area contributed by atoms with Crippen LogP contribution in [0.1, 0.15) is 38.8 Å². The number of benzene rings is 7. The summed E-state index contributed by atoms with van der Waals surface area (Å²) in [5.74, 6) is 0. The molecule has 0 atom stereocenters. The second-order valence-electron chi connectivity index (χ2n) is 14.6. The summed E-state index contributed by atoms with van der Waals surface area (Å²) in [7, 11) is 0. The summed E-state index contributed by atoms with van der Waals surface area (Å²) in [5.41, 5.74) is 13.8. The predicted octanol–water partition coefficient (Wildman–Crippen LogP) is 14.1. The van der Waals surface area contributed by atoms with Crippen molar-refractivity contribution in [2.75, 3.05) is 4.90 Å². The fourth-order valence-electron chi connectivity index (χ4n) is 8.12. The Hall–Kier alpha value is -5.44. The Bertz CT molecular complexity index is 2540. The molecule has 0 unspecified atom stereocenters. The van der Waals surface area contributed by atoms with Crippen LogP contribution in [0, 0.1) is 0 Å². The lowest BCUT2D eigenvalue weighted by atomic mass is 9.54. The second-order valence-corrected chi connectivity index (χ2v) is 15.7. The molecular weight excluding hydrogens is 623 g/mol. The maximum absolute atomic E-state index is 2.47. The van der Waals surface area contributed by atoms with E-state index in [4.69, 9.17) is 0 Å². The van der Waals surface area contributed by atoms with Gasteiger partial charge in [-0.25, -0.2) is 0 Å². The molecule has 0 saturated carbocycles. The molecule has 242 valence electrons. The molecule has 0 radical (unpaired) electrons. The average Bonchev–Trinajstić information content (AvgIpc) is 3.54. The first-order valence-electron chi connectivity index (χ1n) is 17.5. The fourth-order valence-corrected chi connectivity index (χ4v) is 9.25. The third-order valence-corrected chi connectivity index (χ3v) is 12.6. The maximum Gasteiger partial charge on any atom is 0.0554 e. The minimum atomic E-state index is -0.0933. The molecule has 0 bridgehead atoms. The Morgan fingerprint density at radius 3 is 1.88 bits per heavy atom. The van der Waals surface area contributed by atoms with Crippen LogP contribution in [0.3, 0.4) is 0 Å². The smallest absolute Gasteiger partial charge is 0.0554 e. The van der Waals surface area contributed by atoms with Crippen LogP contribution >= 0.6 is 11.3 Å². The van der Waals surface area contributed by atoms with Crippen molar-refractivity contribution in [3.8, 4) is 33.4 Å². The highest BCUT2D eigenvalue weighted by molar-refractivity contribution is 7.26. The van der Waals surface area contributed by atoms with Gasteiger partial charge in [-0.05, 0) is 104 Å². The van der Waals surface area contributed by atoms with E-state index in [1.165, 1.54) is 70.4 Å². The van der Waals surface area contributed by atoms with Gasteiger partial charge in [0.05, 0.1) is 5.69 Å². The molecule has 0 spiro atoms. The fraction of sp³-hybridized carbons (Fsp3) is 0.125. The number of hydrogen-bond acceptors (Lipinski definition) is 2. The molecule has 1 nitrogen and oxygen atoms in total. The van der Waals surface area contributed by atoms with Gasteiger partial charge in [-0.15, -0.1) is 11.3 Å². The number of hydrogen-bond donors (Lipinski definition) is 0. The molecule has 1 aromatic heterocycles. The van der Waals surface area contributed by atoms with Crippen LogP contribution in [-0.2, 0) is 10.8 Å². The van der Waals surface area contributed by atoms with Crippen molar-refractivity contribution in [3.05, 3.63) is 175 Å². The summed E-state index contributed by atoms with van der Waals surface area (Å²) < 4.78 is 2.61. The predicted molar refractivity (Wildman–Crippen MR) is 216 cm³/mol. The molecule has 0 aliphatic heterocycles. The van der Waals surface area contributed by atoms with Crippen molar-refractivity contribution in [3.63, 3.8) is 0 Å². The lowest BCUT2D eigenvalue weighted by Gasteiger charge is -2.49. The van der Waals surface area contributed by atoms with Crippen molar-refractivity contribution < 1.29 is 0 Å². The van der Waals surface area contributed by atoms with Crippen LogP contribution in [0.25, 0.3) is 53.6 Å². The Morgan fingerprint density at radius 2 is 1.06 bits per heavy atom. The van der Waals surface area contributed by atoms with Gasteiger partial charge in [-0.2, -0.15) is 0 Å². The molecule has 0 saturated heterocycles. The molecular formula is C48H39NS. The standard InChI is InChI=1S/C48H39NS/c1-47(2)40-24-14-23-37(32-16-7-5-8-17-32)45(40)38-29-28-34(31-41(38)48(47,3)4)33-18-13-21-36(30-33)49(35-19-9-6-10-20-35)42-25-15-27-44-46(42)39-22-11-12-26-43(39)50-44/h5-31H,1-4H3. The van der Waals surface area contributed by atoms with Crippen LogP contribution in [0.2, 0.25) is 0 Å².